The number of nitrogens with one attached hydrogen (secondary N) is 2. The fourth-order valence-corrected chi connectivity index (χ4v) is 3.39. The van der Waals surface area contributed by atoms with E-state index in [1.165, 1.54) is 0 Å². The fraction of sp³-hybridized carbons (Fsp3) is 0.500. The van der Waals surface area contributed by atoms with Crippen molar-refractivity contribution in [3.63, 3.8) is 0 Å². The van der Waals surface area contributed by atoms with E-state index in [-0.39, 0.29) is 11.8 Å². The average Bonchev–Trinajstić information content (AvgIpc) is 3.31. The Kier molecular flexibility index (Phi) is 4.51. The van der Waals surface area contributed by atoms with E-state index in [2.05, 4.69) is 44.4 Å². The zero-order chi connectivity index (χ0) is 19.0. The third-order valence-corrected chi connectivity index (χ3v) is 4.98. The molecule has 0 spiro atoms. The fourth-order valence-electron chi connectivity index (χ4n) is 3.39. The molecule has 4 heterocycles. The number of aromatic amines is 1. The van der Waals surface area contributed by atoms with Gasteiger partial charge < -0.3 is 10.2 Å². The van der Waals surface area contributed by atoms with E-state index in [0.29, 0.717) is 11.9 Å². The number of H-pyrrole nitrogens is 1. The summed E-state index contributed by atoms with van der Waals surface area (Å²) in [5.74, 6) is 1.84. The van der Waals surface area contributed by atoms with E-state index in [0.717, 1.165) is 48.5 Å². The van der Waals surface area contributed by atoms with Crippen molar-refractivity contribution in [1.29, 1.82) is 0 Å². The summed E-state index contributed by atoms with van der Waals surface area (Å²) in [5.41, 5.74) is 2.44. The number of piperidine rings is 1. The highest BCUT2D eigenvalue weighted by molar-refractivity contribution is 5.86. The molecule has 1 amide bonds. The van der Waals surface area contributed by atoms with Gasteiger partial charge in [0.15, 0.2) is 5.82 Å². The number of hydrogen-bond donors (Lipinski definition) is 2. The molecule has 0 radical (unpaired) electrons. The highest BCUT2D eigenvalue weighted by Crippen LogP contribution is 2.26. The molecule has 142 valence electrons. The molecule has 4 rings (SSSR count). The van der Waals surface area contributed by atoms with Gasteiger partial charge in [0.2, 0.25) is 5.91 Å². The highest BCUT2D eigenvalue weighted by Gasteiger charge is 2.22. The van der Waals surface area contributed by atoms with Crippen molar-refractivity contribution in [2.75, 3.05) is 18.4 Å². The third-order valence-electron chi connectivity index (χ3n) is 4.98. The topological polar surface area (TPSA) is 105 Å². The molecule has 2 N–H and O–H groups in total. The smallest absolute Gasteiger partial charge is 0.219 e. The standard InChI is InChI=1S/C18H24N8O/c1-11(2)17-22-15-9-19-24-16(15)18(23-17)21-13-8-20-26(10-13)14-4-6-25(7-5-14)12(3)27/h8-11,14H,4-7H2,1-3H3,(H,19,24)(H,21,22,23). The summed E-state index contributed by atoms with van der Waals surface area (Å²) < 4.78 is 1.98. The summed E-state index contributed by atoms with van der Waals surface area (Å²) in [6.07, 6.45) is 7.33. The Morgan fingerprint density at radius 1 is 1.26 bits per heavy atom. The number of hydrogen-bond acceptors (Lipinski definition) is 6. The molecule has 1 saturated heterocycles. The predicted octanol–water partition coefficient (Wildman–Crippen LogP) is 2.60. The van der Waals surface area contributed by atoms with Crippen LogP contribution in [0.1, 0.15) is 51.4 Å². The van der Waals surface area contributed by atoms with Gasteiger partial charge in [-0.1, -0.05) is 13.8 Å². The number of rotatable bonds is 4. The van der Waals surface area contributed by atoms with Crippen LogP contribution in [0.5, 0.6) is 0 Å². The van der Waals surface area contributed by atoms with Gasteiger partial charge >= 0.3 is 0 Å². The number of nitrogens with zero attached hydrogens (tertiary/aromatic N) is 6. The lowest BCUT2D eigenvalue weighted by Gasteiger charge is -2.31. The van der Waals surface area contributed by atoms with E-state index < -0.39 is 0 Å². The van der Waals surface area contributed by atoms with Gasteiger partial charge in [-0.3, -0.25) is 14.6 Å². The van der Waals surface area contributed by atoms with Gasteiger partial charge in [-0.2, -0.15) is 10.2 Å². The van der Waals surface area contributed by atoms with Gasteiger partial charge in [0.1, 0.15) is 16.9 Å². The van der Waals surface area contributed by atoms with E-state index >= 15 is 0 Å². The molecule has 0 bridgehead atoms. The van der Waals surface area contributed by atoms with Crippen LogP contribution in [0.15, 0.2) is 18.6 Å². The van der Waals surface area contributed by atoms with Crippen LogP contribution < -0.4 is 5.32 Å². The number of aromatic nitrogens is 6. The summed E-state index contributed by atoms with van der Waals surface area (Å²) in [5, 5.41) is 14.9. The van der Waals surface area contributed by atoms with Gasteiger partial charge in [0, 0.05) is 32.1 Å². The van der Waals surface area contributed by atoms with Gasteiger partial charge in [-0.25, -0.2) is 9.97 Å². The van der Waals surface area contributed by atoms with Crippen molar-refractivity contribution < 1.29 is 4.79 Å². The maximum Gasteiger partial charge on any atom is 0.219 e. The summed E-state index contributed by atoms with van der Waals surface area (Å²) in [4.78, 5) is 22.6. The Balaban J connectivity index is 1.52. The number of carbonyl (C=O) groups excluding carboxylic acids is 1. The zero-order valence-electron chi connectivity index (χ0n) is 15.8. The van der Waals surface area contributed by atoms with E-state index in [9.17, 15) is 4.79 Å². The molecule has 0 aromatic carbocycles. The molecule has 1 aliphatic heterocycles. The Morgan fingerprint density at radius 2 is 2.04 bits per heavy atom. The molecule has 3 aromatic heterocycles. The molecular formula is C18H24N8O. The largest absolute Gasteiger partial charge is 0.343 e. The first-order valence-corrected chi connectivity index (χ1v) is 9.29. The minimum Gasteiger partial charge on any atom is -0.343 e. The second-order valence-electron chi connectivity index (χ2n) is 7.29. The van der Waals surface area contributed by atoms with Crippen molar-refractivity contribution in [2.24, 2.45) is 0 Å². The van der Waals surface area contributed by atoms with E-state index in [1.54, 1.807) is 19.3 Å². The van der Waals surface area contributed by atoms with Gasteiger partial charge in [0.25, 0.3) is 0 Å². The van der Waals surface area contributed by atoms with Crippen molar-refractivity contribution in [3.8, 4) is 0 Å². The van der Waals surface area contributed by atoms with Crippen LogP contribution >= 0.6 is 0 Å². The molecule has 9 nitrogen and oxygen atoms in total. The summed E-state index contributed by atoms with van der Waals surface area (Å²) in [6.45, 7) is 7.31. The van der Waals surface area contributed by atoms with Crippen LogP contribution in [0.2, 0.25) is 0 Å². The maximum absolute atomic E-state index is 11.5. The van der Waals surface area contributed by atoms with Gasteiger partial charge in [-0.05, 0) is 12.8 Å². The molecule has 27 heavy (non-hydrogen) atoms. The second kappa shape index (κ2) is 6.98. The third kappa shape index (κ3) is 3.49. The molecule has 0 aliphatic carbocycles. The molecule has 9 heteroatoms. The van der Waals surface area contributed by atoms with Crippen molar-refractivity contribution in [3.05, 3.63) is 24.4 Å². The average molecular weight is 368 g/mol. The molecule has 0 atom stereocenters. The van der Waals surface area contributed by atoms with Crippen molar-refractivity contribution in [2.45, 2.75) is 45.6 Å². The molecule has 1 fully saturated rings. The molecule has 0 unspecified atom stereocenters. The lowest BCUT2D eigenvalue weighted by molar-refractivity contribution is -0.130. The summed E-state index contributed by atoms with van der Waals surface area (Å²) in [6, 6.07) is 0.306. The zero-order valence-corrected chi connectivity index (χ0v) is 15.8. The van der Waals surface area contributed by atoms with Gasteiger partial charge in [-0.15, -0.1) is 0 Å². The first kappa shape index (κ1) is 17.4. The SMILES string of the molecule is CC(=O)N1CCC(n2cc(Nc3nc(C(C)C)nc4cn[nH]c34)cn2)CC1. The number of carbonyl (C=O) groups is 1. The highest BCUT2D eigenvalue weighted by atomic mass is 16.2. The minimum absolute atomic E-state index is 0.143. The Hall–Kier alpha value is -2.97. The van der Waals surface area contributed by atoms with Crippen LogP contribution in [-0.2, 0) is 4.79 Å². The van der Waals surface area contributed by atoms with Gasteiger partial charge in [0.05, 0.1) is 24.1 Å². The van der Waals surface area contributed by atoms with Crippen LogP contribution in [0.3, 0.4) is 0 Å². The van der Waals surface area contributed by atoms with E-state index in [1.807, 2.05) is 15.8 Å². The lowest BCUT2D eigenvalue weighted by atomic mass is 10.1. The number of fused-ring (bicyclic) bond motifs is 1. The molecule has 3 aromatic rings. The Bertz CT molecular complexity index is 951. The quantitative estimate of drug-likeness (QED) is 0.733. The lowest BCUT2D eigenvalue weighted by Crippen LogP contribution is -2.37. The monoisotopic (exact) mass is 368 g/mol. The van der Waals surface area contributed by atoms with Crippen molar-refractivity contribution >= 4 is 28.4 Å². The molecular weight excluding hydrogens is 344 g/mol. The van der Waals surface area contributed by atoms with Crippen molar-refractivity contribution in [1.82, 2.24) is 34.8 Å². The number of likely N-dealkylation sites (tertiary alicyclic amines) is 1. The second-order valence-corrected chi connectivity index (χ2v) is 7.29. The van der Waals surface area contributed by atoms with Crippen LogP contribution in [0, 0.1) is 0 Å². The summed E-state index contributed by atoms with van der Waals surface area (Å²) >= 11 is 0. The molecule has 0 saturated carbocycles. The first-order chi connectivity index (χ1) is 13.0. The predicted molar refractivity (Wildman–Crippen MR) is 102 cm³/mol. The molecule has 1 aliphatic rings. The maximum atomic E-state index is 11.5. The van der Waals surface area contributed by atoms with Crippen LogP contribution in [0.4, 0.5) is 11.5 Å². The summed E-state index contributed by atoms with van der Waals surface area (Å²) in [7, 11) is 0. The Labute approximate surface area is 157 Å². The van der Waals surface area contributed by atoms with E-state index in [4.69, 9.17) is 0 Å². The van der Waals surface area contributed by atoms with Crippen LogP contribution in [-0.4, -0.2) is 53.8 Å². The Morgan fingerprint density at radius 3 is 2.74 bits per heavy atom. The van der Waals surface area contributed by atoms with Crippen LogP contribution in [0.25, 0.3) is 11.0 Å². The normalized spacial score (nSPS) is 15.6. The minimum atomic E-state index is 0.143. The number of amides is 1. The number of anilines is 2. The first-order valence-electron chi connectivity index (χ1n) is 9.29.